The van der Waals surface area contributed by atoms with Crippen LogP contribution in [0, 0.1) is 11.3 Å². The van der Waals surface area contributed by atoms with Crippen molar-refractivity contribution in [1.29, 1.82) is 5.26 Å². The van der Waals surface area contributed by atoms with Crippen LogP contribution in [0.1, 0.15) is 32.0 Å². The highest BCUT2D eigenvalue weighted by molar-refractivity contribution is 5.83. The Hall–Kier alpha value is -2.82. The van der Waals surface area contributed by atoms with Gasteiger partial charge in [-0.25, -0.2) is 9.78 Å². The number of fused-ring (bicyclic) bond motifs is 3. The summed E-state index contributed by atoms with van der Waals surface area (Å²) in [6.45, 7) is 6.71. The van der Waals surface area contributed by atoms with Crippen LogP contribution in [0.25, 0.3) is 11.0 Å². The lowest BCUT2D eigenvalue weighted by Gasteiger charge is -2.26. The third-order valence-electron chi connectivity index (χ3n) is 3.93. The molecule has 0 fully saturated rings. The molecule has 0 aromatic carbocycles. The fraction of sp³-hybridized carbons (Fsp3) is 0.500. The first-order valence-electron chi connectivity index (χ1n) is 7.78. The summed E-state index contributed by atoms with van der Waals surface area (Å²) in [7, 11) is 0. The lowest BCUT2D eigenvalue weighted by molar-refractivity contribution is 0.0254. The predicted molar refractivity (Wildman–Crippen MR) is 86.6 cm³/mol. The molecule has 2 aromatic heterocycles. The molecule has 0 atom stereocenters. The minimum Gasteiger partial charge on any atom is -0.444 e. The number of nitrogens with zero attached hydrogens (tertiary/aromatic N) is 4. The Balaban J connectivity index is 1.97. The van der Waals surface area contributed by atoms with Gasteiger partial charge in [-0.1, -0.05) is 0 Å². The number of carbonyl (C=O) groups excluding carboxylic acids is 1. The van der Waals surface area contributed by atoms with Crippen LogP contribution in [0.2, 0.25) is 0 Å². The minimum absolute atomic E-state index is 0.284. The van der Waals surface area contributed by atoms with Crippen molar-refractivity contribution in [2.75, 3.05) is 13.1 Å². The first kappa shape index (κ1) is 16.1. The summed E-state index contributed by atoms with van der Waals surface area (Å²) in [5, 5.41) is 9.47. The molecule has 0 saturated heterocycles. The molecule has 0 saturated carbocycles. The minimum atomic E-state index is -0.565. The number of H-pyrrole nitrogens is 1. The molecule has 8 heteroatoms. The Bertz CT molecular complexity index is 897. The summed E-state index contributed by atoms with van der Waals surface area (Å²) >= 11 is 0. The smallest absolute Gasteiger partial charge is 0.410 e. The zero-order valence-corrected chi connectivity index (χ0v) is 13.9. The van der Waals surface area contributed by atoms with Crippen LogP contribution in [0.3, 0.4) is 0 Å². The second kappa shape index (κ2) is 5.67. The van der Waals surface area contributed by atoms with Gasteiger partial charge in [-0.05, 0) is 20.8 Å². The topological polar surface area (TPSA) is 104 Å². The van der Waals surface area contributed by atoms with Gasteiger partial charge in [-0.2, -0.15) is 5.26 Å². The fourth-order valence-electron chi connectivity index (χ4n) is 2.94. The fourth-order valence-corrected chi connectivity index (χ4v) is 2.94. The Kier molecular flexibility index (Phi) is 3.79. The van der Waals surface area contributed by atoms with Crippen LogP contribution in [-0.2, 0) is 17.7 Å². The van der Waals surface area contributed by atoms with Crippen LogP contribution < -0.4 is 5.56 Å². The second-order valence-electron chi connectivity index (χ2n) is 6.73. The van der Waals surface area contributed by atoms with E-state index in [2.05, 4.69) is 16.0 Å². The quantitative estimate of drug-likeness (QED) is 0.786. The number of amides is 1. The molecule has 3 heterocycles. The Morgan fingerprint density at radius 2 is 2.12 bits per heavy atom. The zero-order valence-electron chi connectivity index (χ0n) is 13.9. The molecule has 0 radical (unpaired) electrons. The van der Waals surface area contributed by atoms with Crippen LogP contribution >= 0.6 is 0 Å². The van der Waals surface area contributed by atoms with Crippen LogP contribution in [0.5, 0.6) is 0 Å². The van der Waals surface area contributed by atoms with E-state index in [1.165, 1.54) is 6.33 Å². The molecule has 1 aliphatic rings. The summed E-state index contributed by atoms with van der Waals surface area (Å²) in [6.07, 6.45) is 1.39. The molecule has 126 valence electrons. The number of rotatable bonds is 0. The predicted octanol–water partition coefficient (Wildman–Crippen LogP) is 1.39. The molecule has 0 spiro atoms. The number of ether oxygens (including phenoxy) is 1. The summed E-state index contributed by atoms with van der Waals surface area (Å²) < 4.78 is 7.20. The summed E-state index contributed by atoms with van der Waals surface area (Å²) in [5.74, 6) is 0. The third-order valence-corrected chi connectivity index (χ3v) is 3.93. The van der Waals surface area contributed by atoms with E-state index < -0.39 is 5.60 Å². The van der Waals surface area contributed by atoms with E-state index in [1.807, 2.05) is 20.8 Å². The largest absolute Gasteiger partial charge is 0.444 e. The Labute approximate surface area is 138 Å². The maximum atomic E-state index is 12.3. The maximum absolute atomic E-state index is 12.3. The SMILES string of the molecule is CC(C)(C)OC(=O)N1CCc2c(C#N)c3nc[nH]c(=O)c3n2CC1. The highest BCUT2D eigenvalue weighted by Crippen LogP contribution is 2.24. The van der Waals surface area contributed by atoms with E-state index in [0.29, 0.717) is 42.7 Å². The highest BCUT2D eigenvalue weighted by Gasteiger charge is 2.28. The summed E-state index contributed by atoms with van der Waals surface area (Å²) in [5.41, 5.74) is 1.10. The van der Waals surface area contributed by atoms with Gasteiger partial charge in [0, 0.05) is 31.7 Å². The van der Waals surface area contributed by atoms with Crippen molar-refractivity contribution in [3.63, 3.8) is 0 Å². The lowest BCUT2D eigenvalue weighted by atomic mass is 10.2. The van der Waals surface area contributed by atoms with Crippen molar-refractivity contribution in [2.45, 2.75) is 39.3 Å². The molecule has 0 bridgehead atoms. The molecule has 1 N–H and O–H groups in total. The average molecular weight is 329 g/mol. The van der Waals surface area contributed by atoms with E-state index in [0.717, 1.165) is 5.69 Å². The van der Waals surface area contributed by atoms with Crippen molar-refractivity contribution in [3.05, 3.63) is 27.9 Å². The average Bonchev–Trinajstić information content (AvgIpc) is 2.64. The van der Waals surface area contributed by atoms with Crippen molar-refractivity contribution >= 4 is 17.1 Å². The maximum Gasteiger partial charge on any atom is 0.410 e. The lowest BCUT2D eigenvalue weighted by Crippen LogP contribution is -2.38. The number of hydrogen-bond donors (Lipinski definition) is 1. The molecule has 1 amide bonds. The van der Waals surface area contributed by atoms with Gasteiger partial charge >= 0.3 is 6.09 Å². The van der Waals surface area contributed by atoms with E-state index in [9.17, 15) is 14.9 Å². The molecule has 8 nitrogen and oxygen atoms in total. The monoisotopic (exact) mass is 329 g/mol. The number of carbonyl (C=O) groups is 1. The summed E-state index contributed by atoms with van der Waals surface area (Å²) in [6, 6.07) is 2.14. The Morgan fingerprint density at radius 3 is 2.79 bits per heavy atom. The van der Waals surface area contributed by atoms with Crippen molar-refractivity contribution in [2.24, 2.45) is 0 Å². The standard InChI is InChI=1S/C16H19N5O3/c1-16(2,3)24-15(23)20-5-4-11-10(8-17)12-13(21(11)7-6-20)14(22)19-9-18-12/h9H,4-7H2,1-3H3,(H,18,19,22). The molecule has 0 aliphatic carbocycles. The number of hydrogen-bond acceptors (Lipinski definition) is 5. The van der Waals surface area contributed by atoms with Crippen LogP contribution in [-0.4, -0.2) is 44.2 Å². The number of nitrogens with one attached hydrogen (secondary N) is 1. The molecule has 0 unspecified atom stereocenters. The number of aromatic amines is 1. The van der Waals surface area contributed by atoms with Crippen molar-refractivity contribution in [1.82, 2.24) is 19.4 Å². The highest BCUT2D eigenvalue weighted by atomic mass is 16.6. The second-order valence-corrected chi connectivity index (χ2v) is 6.73. The van der Waals surface area contributed by atoms with Crippen molar-refractivity contribution < 1.29 is 9.53 Å². The number of aromatic nitrogens is 3. The molecule has 1 aliphatic heterocycles. The van der Waals surface area contributed by atoms with E-state index in [1.54, 1.807) is 9.47 Å². The molecule has 24 heavy (non-hydrogen) atoms. The van der Waals surface area contributed by atoms with Gasteiger partial charge in [-0.3, -0.25) is 4.79 Å². The van der Waals surface area contributed by atoms with Crippen LogP contribution in [0.4, 0.5) is 4.79 Å². The van der Waals surface area contributed by atoms with Gasteiger partial charge in [0.15, 0.2) is 0 Å². The normalized spacial score (nSPS) is 14.8. The third kappa shape index (κ3) is 2.73. The molecular formula is C16H19N5O3. The Morgan fingerprint density at radius 1 is 1.38 bits per heavy atom. The van der Waals surface area contributed by atoms with Gasteiger partial charge in [0.05, 0.1) is 11.9 Å². The zero-order chi connectivity index (χ0) is 17.5. The molecule has 3 rings (SSSR count). The first-order valence-corrected chi connectivity index (χ1v) is 7.78. The number of nitriles is 1. The summed E-state index contributed by atoms with van der Waals surface area (Å²) in [4.78, 5) is 32.7. The van der Waals surface area contributed by atoms with Gasteiger partial charge < -0.3 is 19.2 Å². The van der Waals surface area contributed by atoms with Gasteiger partial charge in [0.2, 0.25) is 0 Å². The van der Waals surface area contributed by atoms with E-state index in [-0.39, 0.29) is 11.7 Å². The van der Waals surface area contributed by atoms with E-state index >= 15 is 0 Å². The van der Waals surface area contributed by atoms with Gasteiger partial charge in [0.1, 0.15) is 22.7 Å². The van der Waals surface area contributed by atoms with Crippen LogP contribution in [0.15, 0.2) is 11.1 Å². The van der Waals surface area contributed by atoms with Gasteiger partial charge in [0.25, 0.3) is 5.56 Å². The molecule has 2 aromatic rings. The van der Waals surface area contributed by atoms with Crippen molar-refractivity contribution in [3.8, 4) is 6.07 Å². The first-order chi connectivity index (χ1) is 11.3. The van der Waals surface area contributed by atoms with E-state index in [4.69, 9.17) is 4.74 Å². The van der Waals surface area contributed by atoms with Gasteiger partial charge in [-0.15, -0.1) is 0 Å². The molecular weight excluding hydrogens is 310 g/mol.